The summed E-state index contributed by atoms with van der Waals surface area (Å²) in [6, 6.07) is 15.9. The van der Waals surface area contributed by atoms with Crippen molar-refractivity contribution in [2.24, 2.45) is 5.41 Å². The summed E-state index contributed by atoms with van der Waals surface area (Å²) in [5.41, 5.74) is 3.69. The number of aromatic nitrogens is 2. The fourth-order valence-corrected chi connectivity index (χ4v) is 5.15. The van der Waals surface area contributed by atoms with Crippen LogP contribution in [0.25, 0.3) is 11.3 Å². The van der Waals surface area contributed by atoms with E-state index >= 15 is 0 Å². The summed E-state index contributed by atoms with van der Waals surface area (Å²) in [5.74, 6) is 1.52. The topological polar surface area (TPSA) is 67.3 Å². The number of carbonyl (C=O) groups excluding carboxylic acids is 1. The first-order chi connectivity index (χ1) is 16.8. The van der Waals surface area contributed by atoms with Crippen molar-refractivity contribution in [3.8, 4) is 11.3 Å². The lowest BCUT2D eigenvalue weighted by molar-refractivity contribution is -0.155. The molecule has 0 unspecified atom stereocenters. The molecule has 0 spiro atoms. The Kier molecular flexibility index (Phi) is 7.87. The minimum absolute atomic E-state index is 0.100. The lowest BCUT2D eigenvalue weighted by Crippen LogP contribution is -2.43. The van der Waals surface area contributed by atoms with Gasteiger partial charge in [-0.25, -0.2) is 9.97 Å². The maximum Gasteiger partial charge on any atom is 0.311 e. The zero-order valence-electron chi connectivity index (χ0n) is 20.6. The van der Waals surface area contributed by atoms with Crippen LogP contribution in [0.1, 0.15) is 37.8 Å². The van der Waals surface area contributed by atoms with Gasteiger partial charge in [0, 0.05) is 30.6 Å². The lowest BCUT2D eigenvalue weighted by Gasteiger charge is -2.38. The largest absolute Gasteiger partial charge is 0.466 e. The van der Waals surface area contributed by atoms with E-state index in [4.69, 9.17) is 26.3 Å². The number of carbonyl (C=O) groups is 1. The number of ether oxygens (including phenoxy) is 1. The molecule has 35 heavy (non-hydrogen) atoms. The maximum absolute atomic E-state index is 12.3. The monoisotopic (exact) mass is 510 g/mol. The predicted octanol–water partition coefficient (Wildman–Crippen LogP) is 6.70. The number of pyridine rings is 2. The van der Waals surface area contributed by atoms with Crippen LogP contribution in [0.2, 0.25) is 5.02 Å². The molecule has 0 atom stereocenters. The molecule has 2 aromatic heterocycles. The van der Waals surface area contributed by atoms with E-state index in [1.54, 1.807) is 0 Å². The van der Waals surface area contributed by atoms with Crippen LogP contribution in [0.15, 0.2) is 53.6 Å². The first-order valence-corrected chi connectivity index (χ1v) is 13.1. The highest BCUT2D eigenvalue weighted by molar-refractivity contribution is 8.00. The Hall–Kier alpha value is -2.77. The van der Waals surface area contributed by atoms with Crippen molar-refractivity contribution in [3.63, 3.8) is 0 Å². The fraction of sp³-hybridized carbons (Fsp3) is 0.370. The van der Waals surface area contributed by atoms with Crippen LogP contribution in [-0.2, 0) is 9.53 Å². The Labute approximate surface area is 216 Å². The van der Waals surface area contributed by atoms with Crippen LogP contribution in [0.3, 0.4) is 0 Å². The van der Waals surface area contributed by atoms with Gasteiger partial charge in [0.2, 0.25) is 0 Å². The molecule has 3 heterocycles. The number of rotatable bonds is 7. The standard InChI is InChI=1S/C27H31ClN4O2S/c1-5-34-26(33)27(4)14-16-32(17-15-27)22-10-7-11-23(30-22)35-31-21-13-12-20(28)25(29-21)24-18(2)8-6-9-19(24)3/h6-13H,5,14-17H2,1-4H3,(H,29,31). The van der Waals surface area contributed by atoms with E-state index in [0.717, 1.165) is 59.2 Å². The van der Waals surface area contributed by atoms with Crippen LogP contribution in [-0.4, -0.2) is 35.6 Å². The van der Waals surface area contributed by atoms with Gasteiger partial charge in [0.05, 0.1) is 22.7 Å². The number of nitrogens with zero attached hydrogens (tertiary/aromatic N) is 3. The molecule has 0 bridgehead atoms. The molecule has 1 aliphatic heterocycles. The van der Waals surface area contributed by atoms with E-state index in [1.807, 2.05) is 50.2 Å². The normalized spacial score (nSPS) is 15.1. The van der Waals surface area contributed by atoms with Crippen molar-refractivity contribution >= 4 is 41.2 Å². The Bertz CT molecular complexity index is 1190. The summed E-state index contributed by atoms with van der Waals surface area (Å²) < 4.78 is 8.59. The van der Waals surface area contributed by atoms with Crippen molar-refractivity contribution in [1.29, 1.82) is 0 Å². The first-order valence-electron chi connectivity index (χ1n) is 11.9. The molecule has 0 amide bonds. The Morgan fingerprint density at radius 1 is 1.09 bits per heavy atom. The molecule has 0 aliphatic carbocycles. The van der Waals surface area contributed by atoms with Crippen LogP contribution in [0.5, 0.6) is 0 Å². The smallest absolute Gasteiger partial charge is 0.311 e. The summed E-state index contributed by atoms with van der Waals surface area (Å²) in [6.45, 7) is 9.93. The molecule has 1 fully saturated rings. The van der Waals surface area contributed by atoms with Gasteiger partial charge in [-0.2, -0.15) is 0 Å². The fourth-order valence-electron chi connectivity index (χ4n) is 4.34. The number of esters is 1. The number of halogens is 1. The Morgan fingerprint density at radius 3 is 2.46 bits per heavy atom. The molecule has 184 valence electrons. The molecule has 1 N–H and O–H groups in total. The van der Waals surface area contributed by atoms with E-state index in [0.29, 0.717) is 17.4 Å². The van der Waals surface area contributed by atoms with E-state index in [2.05, 4.69) is 35.6 Å². The molecule has 4 rings (SSSR count). The molecule has 0 saturated carbocycles. The summed E-state index contributed by atoms with van der Waals surface area (Å²) in [6.07, 6.45) is 1.50. The van der Waals surface area contributed by atoms with E-state index in [1.165, 1.54) is 11.9 Å². The highest BCUT2D eigenvalue weighted by atomic mass is 35.5. The van der Waals surface area contributed by atoms with Crippen molar-refractivity contribution < 1.29 is 9.53 Å². The van der Waals surface area contributed by atoms with Gasteiger partial charge in [0.1, 0.15) is 16.7 Å². The van der Waals surface area contributed by atoms with Gasteiger partial charge >= 0.3 is 5.97 Å². The van der Waals surface area contributed by atoms with Gasteiger partial charge < -0.3 is 14.4 Å². The zero-order valence-corrected chi connectivity index (χ0v) is 22.2. The molecule has 1 saturated heterocycles. The molecular formula is C27H31ClN4O2S. The molecular weight excluding hydrogens is 480 g/mol. The molecule has 3 aromatic rings. The highest BCUT2D eigenvalue weighted by Crippen LogP contribution is 2.35. The summed E-state index contributed by atoms with van der Waals surface area (Å²) in [7, 11) is 0. The van der Waals surface area contributed by atoms with Gasteiger partial charge in [-0.3, -0.25) is 4.79 Å². The quantitative estimate of drug-likeness (QED) is 0.280. The third kappa shape index (κ3) is 5.73. The second-order valence-corrected chi connectivity index (χ2v) is 10.3. The highest BCUT2D eigenvalue weighted by Gasteiger charge is 2.38. The number of nitrogens with one attached hydrogen (secondary N) is 1. The maximum atomic E-state index is 12.3. The van der Waals surface area contributed by atoms with Crippen molar-refractivity contribution in [2.45, 2.75) is 45.6 Å². The summed E-state index contributed by atoms with van der Waals surface area (Å²) in [4.78, 5) is 24.2. The van der Waals surface area contributed by atoms with Crippen LogP contribution >= 0.6 is 23.5 Å². The van der Waals surface area contributed by atoms with Crippen LogP contribution in [0.4, 0.5) is 11.6 Å². The van der Waals surface area contributed by atoms with Crippen molar-refractivity contribution in [3.05, 3.63) is 64.7 Å². The first kappa shape index (κ1) is 25.3. The lowest BCUT2D eigenvalue weighted by atomic mass is 9.80. The van der Waals surface area contributed by atoms with E-state index in [-0.39, 0.29) is 5.97 Å². The van der Waals surface area contributed by atoms with Crippen LogP contribution in [0, 0.1) is 19.3 Å². The minimum Gasteiger partial charge on any atom is -0.466 e. The number of anilines is 2. The van der Waals surface area contributed by atoms with Crippen molar-refractivity contribution in [1.82, 2.24) is 9.97 Å². The molecule has 1 aliphatic rings. The van der Waals surface area contributed by atoms with Gasteiger partial charge in [0.15, 0.2) is 0 Å². The third-order valence-electron chi connectivity index (χ3n) is 6.49. The van der Waals surface area contributed by atoms with E-state index < -0.39 is 5.41 Å². The number of hydrogen-bond donors (Lipinski definition) is 1. The molecule has 6 nitrogen and oxygen atoms in total. The van der Waals surface area contributed by atoms with Gasteiger partial charge in [-0.1, -0.05) is 35.9 Å². The third-order valence-corrected chi connectivity index (χ3v) is 7.54. The van der Waals surface area contributed by atoms with Gasteiger partial charge in [-0.15, -0.1) is 0 Å². The molecule has 1 aromatic carbocycles. The predicted molar refractivity (Wildman–Crippen MR) is 144 cm³/mol. The molecule has 8 heteroatoms. The zero-order chi connectivity index (χ0) is 25.0. The average molecular weight is 511 g/mol. The Balaban J connectivity index is 1.44. The Morgan fingerprint density at radius 2 is 1.77 bits per heavy atom. The summed E-state index contributed by atoms with van der Waals surface area (Å²) >= 11 is 7.93. The number of piperidine rings is 1. The summed E-state index contributed by atoms with van der Waals surface area (Å²) in [5, 5.41) is 1.46. The average Bonchev–Trinajstić information content (AvgIpc) is 2.85. The SMILES string of the molecule is CCOC(=O)C1(C)CCN(c2cccc(SNc3ccc(Cl)c(-c4c(C)cccc4C)n3)n2)CC1. The number of hydrogen-bond acceptors (Lipinski definition) is 7. The number of aryl methyl sites for hydroxylation is 2. The van der Waals surface area contributed by atoms with Gasteiger partial charge in [-0.05, 0) is 75.9 Å². The number of benzene rings is 1. The molecule has 0 radical (unpaired) electrons. The van der Waals surface area contributed by atoms with E-state index in [9.17, 15) is 4.79 Å². The second kappa shape index (κ2) is 10.9. The van der Waals surface area contributed by atoms with Gasteiger partial charge in [0.25, 0.3) is 0 Å². The van der Waals surface area contributed by atoms with Crippen LogP contribution < -0.4 is 9.62 Å². The minimum atomic E-state index is -0.423. The van der Waals surface area contributed by atoms with Crippen molar-refractivity contribution in [2.75, 3.05) is 29.3 Å². The second-order valence-electron chi connectivity index (χ2n) is 9.10.